The Kier molecular flexibility index (Phi) is 8.52. The van der Waals surface area contributed by atoms with Gasteiger partial charge in [0.1, 0.15) is 6.04 Å². The number of carbonyl (C=O) groups is 2. The minimum atomic E-state index is -3.87. The number of sulfonamides is 1. The molecule has 2 aromatic rings. The zero-order valence-corrected chi connectivity index (χ0v) is 19.8. The van der Waals surface area contributed by atoms with Crippen molar-refractivity contribution in [3.8, 4) is 0 Å². The number of fused-ring (bicyclic) bond motifs is 1. The summed E-state index contributed by atoms with van der Waals surface area (Å²) in [5.74, 6) is -0.614. The van der Waals surface area contributed by atoms with Gasteiger partial charge in [-0.05, 0) is 55.0 Å². The van der Waals surface area contributed by atoms with Crippen LogP contribution in [-0.2, 0) is 19.6 Å². The van der Waals surface area contributed by atoms with Crippen LogP contribution in [0.15, 0.2) is 47.4 Å². The molecule has 10 heteroatoms. The second kappa shape index (κ2) is 11.1. The normalized spacial score (nSPS) is 18.8. The fraction of sp³-hybridized carbons (Fsp3) is 0.455. The van der Waals surface area contributed by atoms with E-state index in [1.165, 1.54) is 11.0 Å². The van der Waals surface area contributed by atoms with Crippen molar-refractivity contribution in [2.75, 3.05) is 32.4 Å². The van der Waals surface area contributed by atoms with Gasteiger partial charge in [0.05, 0.1) is 11.4 Å². The first kappa shape index (κ1) is 24.5. The molecule has 1 aliphatic heterocycles. The molecule has 4 N–H and O–H groups in total. The van der Waals surface area contributed by atoms with E-state index in [9.17, 15) is 18.0 Å². The second-order valence-electron chi connectivity index (χ2n) is 7.78. The number of thioether (sulfide) groups is 1. The predicted octanol–water partition coefficient (Wildman–Crippen LogP) is 1.31. The molecule has 0 saturated carbocycles. The Bertz CT molecular complexity index is 1060. The molecule has 1 heterocycles. The number of rotatable bonds is 10. The van der Waals surface area contributed by atoms with Crippen LogP contribution in [0.4, 0.5) is 0 Å². The van der Waals surface area contributed by atoms with Gasteiger partial charge in [-0.1, -0.05) is 30.3 Å². The first-order valence-corrected chi connectivity index (χ1v) is 13.4. The average Bonchev–Trinajstić information content (AvgIpc) is 3.25. The molecular formula is C22H30N4O4S2. The van der Waals surface area contributed by atoms with Crippen molar-refractivity contribution >= 4 is 44.4 Å². The van der Waals surface area contributed by atoms with Crippen LogP contribution in [0, 0.1) is 0 Å². The number of nitrogens with one attached hydrogen (secondary N) is 2. The zero-order valence-electron chi connectivity index (χ0n) is 18.1. The highest BCUT2D eigenvalue weighted by molar-refractivity contribution is 7.99. The Morgan fingerprint density at radius 1 is 1.16 bits per heavy atom. The largest absolute Gasteiger partial charge is 0.354 e. The van der Waals surface area contributed by atoms with Gasteiger partial charge < -0.3 is 16.0 Å². The highest BCUT2D eigenvalue weighted by Crippen LogP contribution is 2.26. The van der Waals surface area contributed by atoms with Crippen LogP contribution in [0.25, 0.3) is 10.8 Å². The lowest BCUT2D eigenvalue weighted by molar-refractivity contribution is -0.137. The van der Waals surface area contributed by atoms with Gasteiger partial charge >= 0.3 is 0 Å². The number of amides is 2. The quantitative estimate of drug-likeness (QED) is 0.443. The van der Waals surface area contributed by atoms with Crippen molar-refractivity contribution in [2.45, 2.75) is 35.4 Å². The summed E-state index contributed by atoms with van der Waals surface area (Å²) in [5, 5.41) is 4.74. The van der Waals surface area contributed by atoms with E-state index >= 15 is 0 Å². The van der Waals surface area contributed by atoms with E-state index in [-0.39, 0.29) is 16.1 Å². The summed E-state index contributed by atoms with van der Waals surface area (Å²) in [5.41, 5.74) is 5.48. The van der Waals surface area contributed by atoms with Crippen LogP contribution < -0.4 is 15.8 Å². The van der Waals surface area contributed by atoms with Crippen LogP contribution in [0.2, 0.25) is 0 Å². The van der Waals surface area contributed by atoms with Gasteiger partial charge in [0.15, 0.2) is 0 Å². The summed E-state index contributed by atoms with van der Waals surface area (Å²) in [6.45, 7) is 1.09. The number of nitrogens with two attached hydrogens (primary N) is 1. The van der Waals surface area contributed by atoms with Gasteiger partial charge in [0, 0.05) is 18.3 Å². The molecule has 1 saturated heterocycles. The molecule has 2 atom stereocenters. The molecule has 3 rings (SSSR count). The number of unbranched alkanes of at least 4 members (excludes halogenated alkanes) is 1. The van der Waals surface area contributed by atoms with Crippen LogP contribution in [0.1, 0.15) is 19.3 Å². The van der Waals surface area contributed by atoms with Crippen LogP contribution in [-0.4, -0.2) is 68.9 Å². The Morgan fingerprint density at radius 3 is 2.62 bits per heavy atom. The van der Waals surface area contributed by atoms with Crippen molar-refractivity contribution in [1.29, 1.82) is 0 Å². The van der Waals surface area contributed by atoms with Crippen molar-refractivity contribution in [1.82, 2.24) is 14.9 Å². The fourth-order valence-corrected chi connectivity index (χ4v) is 5.46. The van der Waals surface area contributed by atoms with E-state index in [1.807, 2.05) is 30.5 Å². The number of hydrogen-bond donors (Lipinski definition) is 3. The first-order valence-electron chi connectivity index (χ1n) is 10.6. The van der Waals surface area contributed by atoms with Crippen molar-refractivity contribution < 1.29 is 18.0 Å². The van der Waals surface area contributed by atoms with Gasteiger partial charge in [0.25, 0.3) is 0 Å². The number of carbonyl (C=O) groups excluding carboxylic acids is 2. The van der Waals surface area contributed by atoms with Gasteiger partial charge in [-0.25, -0.2) is 13.1 Å². The molecule has 174 valence electrons. The van der Waals surface area contributed by atoms with E-state index in [1.54, 1.807) is 23.9 Å². The number of benzene rings is 2. The number of nitrogens with zero attached hydrogens (tertiary/aromatic N) is 1. The van der Waals surface area contributed by atoms with E-state index in [4.69, 9.17) is 5.73 Å². The van der Waals surface area contributed by atoms with E-state index in [0.717, 1.165) is 23.6 Å². The third-order valence-electron chi connectivity index (χ3n) is 5.59. The number of likely N-dealkylation sites (tertiary alicyclic amines) is 1. The van der Waals surface area contributed by atoms with Gasteiger partial charge in [-0.2, -0.15) is 11.8 Å². The lowest BCUT2D eigenvalue weighted by Gasteiger charge is -2.24. The molecule has 32 heavy (non-hydrogen) atoms. The Labute approximate surface area is 193 Å². The van der Waals surface area contributed by atoms with Crippen LogP contribution in [0.5, 0.6) is 0 Å². The molecule has 0 spiro atoms. The summed E-state index contributed by atoms with van der Waals surface area (Å²) < 4.78 is 27.9. The standard InChI is InChI=1S/C22H30N4O4S2/c1-31-18-13-20(22(28)24-11-5-4-10-23)26(15-18)21(27)14-25-32(29,30)19-9-8-16-6-2-3-7-17(16)12-19/h2-3,6-9,12,18,20,25H,4-5,10-11,13-15,23H2,1H3,(H,24,28)/t18?,20-/m0/s1. The summed E-state index contributed by atoms with van der Waals surface area (Å²) >= 11 is 1.60. The topological polar surface area (TPSA) is 122 Å². The Hall–Kier alpha value is -2.14. The lowest BCUT2D eigenvalue weighted by Crippen LogP contribution is -2.49. The summed E-state index contributed by atoms with van der Waals surface area (Å²) in [4.78, 5) is 27.1. The smallest absolute Gasteiger partial charge is 0.242 e. The maximum atomic E-state index is 12.9. The summed E-state index contributed by atoms with van der Waals surface area (Å²) in [6.07, 6.45) is 4.09. The van der Waals surface area contributed by atoms with Crippen molar-refractivity contribution in [2.24, 2.45) is 5.73 Å². The van der Waals surface area contributed by atoms with Gasteiger partial charge in [-0.15, -0.1) is 0 Å². The number of hydrogen-bond acceptors (Lipinski definition) is 6. The molecule has 0 radical (unpaired) electrons. The molecule has 0 bridgehead atoms. The van der Waals surface area contributed by atoms with Gasteiger partial charge in [0.2, 0.25) is 21.8 Å². The monoisotopic (exact) mass is 478 g/mol. The Morgan fingerprint density at radius 2 is 1.91 bits per heavy atom. The third-order valence-corrected chi connectivity index (χ3v) is 8.00. The summed E-state index contributed by atoms with van der Waals surface area (Å²) in [7, 11) is -3.87. The fourth-order valence-electron chi connectivity index (χ4n) is 3.77. The van der Waals surface area contributed by atoms with Crippen molar-refractivity contribution in [3.63, 3.8) is 0 Å². The van der Waals surface area contributed by atoms with Gasteiger partial charge in [-0.3, -0.25) is 9.59 Å². The van der Waals surface area contributed by atoms with E-state index in [0.29, 0.717) is 26.1 Å². The molecule has 2 aromatic carbocycles. The molecule has 0 aliphatic carbocycles. The minimum Gasteiger partial charge on any atom is -0.354 e. The molecule has 1 aliphatic rings. The molecular weight excluding hydrogens is 448 g/mol. The molecule has 1 unspecified atom stereocenters. The molecule has 8 nitrogen and oxygen atoms in total. The molecule has 0 aromatic heterocycles. The SMILES string of the molecule is CSC1C[C@@H](C(=O)NCCCCN)N(C(=O)CNS(=O)(=O)c2ccc3ccccc3c2)C1. The first-order chi connectivity index (χ1) is 15.4. The summed E-state index contributed by atoms with van der Waals surface area (Å²) in [6, 6.07) is 11.7. The highest BCUT2D eigenvalue weighted by atomic mass is 32.2. The predicted molar refractivity (Wildman–Crippen MR) is 128 cm³/mol. The minimum absolute atomic E-state index is 0.0987. The zero-order chi connectivity index (χ0) is 23.1. The van der Waals surface area contributed by atoms with Crippen LogP contribution >= 0.6 is 11.8 Å². The lowest BCUT2D eigenvalue weighted by atomic mass is 10.1. The van der Waals surface area contributed by atoms with E-state index < -0.39 is 28.5 Å². The maximum Gasteiger partial charge on any atom is 0.242 e. The van der Waals surface area contributed by atoms with Crippen LogP contribution in [0.3, 0.4) is 0 Å². The second-order valence-corrected chi connectivity index (χ2v) is 10.7. The van der Waals surface area contributed by atoms with Crippen molar-refractivity contribution in [3.05, 3.63) is 42.5 Å². The highest BCUT2D eigenvalue weighted by Gasteiger charge is 2.39. The Balaban J connectivity index is 1.64. The van der Waals surface area contributed by atoms with E-state index in [2.05, 4.69) is 10.0 Å². The molecule has 2 amide bonds. The maximum absolute atomic E-state index is 12.9. The average molecular weight is 479 g/mol. The molecule has 1 fully saturated rings. The third kappa shape index (κ3) is 6.00.